The highest BCUT2D eigenvalue weighted by atomic mass is 16.2. The third-order valence-corrected chi connectivity index (χ3v) is 5.14. The van der Waals surface area contributed by atoms with Gasteiger partial charge in [0, 0.05) is 32.2 Å². The van der Waals surface area contributed by atoms with Crippen LogP contribution in [0.15, 0.2) is 30.3 Å². The molecule has 26 heavy (non-hydrogen) atoms. The second-order valence-electron chi connectivity index (χ2n) is 7.60. The van der Waals surface area contributed by atoms with Gasteiger partial charge in [-0.15, -0.1) is 0 Å². The van der Waals surface area contributed by atoms with Crippen molar-refractivity contribution in [3.8, 4) is 0 Å². The summed E-state index contributed by atoms with van der Waals surface area (Å²) in [7, 11) is 0. The maximum Gasteiger partial charge on any atom is 0.234 e. The van der Waals surface area contributed by atoms with E-state index in [4.69, 9.17) is 0 Å². The Balaban J connectivity index is 1.96. The van der Waals surface area contributed by atoms with Gasteiger partial charge in [-0.05, 0) is 25.3 Å². The molecule has 0 radical (unpaired) electrons. The fraction of sp³-hybridized carbons (Fsp3) is 0.619. The summed E-state index contributed by atoms with van der Waals surface area (Å²) in [6.45, 7) is 11.5. The van der Waals surface area contributed by atoms with Crippen molar-refractivity contribution in [1.29, 1.82) is 0 Å². The van der Waals surface area contributed by atoms with Crippen LogP contribution in [0.4, 0.5) is 0 Å². The van der Waals surface area contributed by atoms with E-state index in [2.05, 4.69) is 36.2 Å². The van der Waals surface area contributed by atoms with Crippen molar-refractivity contribution >= 4 is 11.8 Å². The third kappa shape index (κ3) is 5.56. The molecule has 2 rings (SSSR count). The number of carbonyl (C=O) groups excluding carboxylic acids is 2. The first kappa shape index (κ1) is 20.4. The lowest BCUT2D eigenvalue weighted by atomic mass is 9.84. The molecule has 5 heteroatoms. The van der Waals surface area contributed by atoms with Crippen molar-refractivity contribution in [1.82, 2.24) is 15.1 Å². The number of nitrogens with zero attached hydrogens (tertiary/aromatic N) is 2. The van der Waals surface area contributed by atoms with E-state index in [1.165, 1.54) is 0 Å². The molecule has 0 bridgehead atoms. The number of carbonyl (C=O) groups is 2. The van der Waals surface area contributed by atoms with Crippen molar-refractivity contribution in [2.75, 3.05) is 32.7 Å². The largest absolute Gasteiger partial charge is 0.353 e. The van der Waals surface area contributed by atoms with Gasteiger partial charge < -0.3 is 10.2 Å². The van der Waals surface area contributed by atoms with Gasteiger partial charge >= 0.3 is 0 Å². The number of nitrogens with one attached hydrogen (secondary N) is 1. The zero-order chi connectivity index (χ0) is 19.1. The summed E-state index contributed by atoms with van der Waals surface area (Å²) >= 11 is 0. The zero-order valence-corrected chi connectivity index (χ0v) is 16.6. The average Bonchev–Trinajstić information content (AvgIpc) is 2.62. The van der Waals surface area contributed by atoms with Gasteiger partial charge in [0.15, 0.2) is 0 Å². The Morgan fingerprint density at radius 3 is 2.19 bits per heavy atom. The van der Waals surface area contributed by atoms with Crippen LogP contribution in [-0.4, -0.2) is 60.4 Å². The molecule has 1 fully saturated rings. The molecular formula is C21H33N3O2. The third-order valence-electron chi connectivity index (χ3n) is 5.14. The van der Waals surface area contributed by atoms with Crippen molar-refractivity contribution in [3.05, 3.63) is 35.9 Å². The molecule has 1 heterocycles. The minimum Gasteiger partial charge on any atom is -0.353 e. The number of piperazine rings is 1. The first-order valence-electron chi connectivity index (χ1n) is 9.77. The number of benzene rings is 1. The van der Waals surface area contributed by atoms with Crippen molar-refractivity contribution < 1.29 is 9.59 Å². The van der Waals surface area contributed by atoms with Crippen LogP contribution >= 0.6 is 0 Å². The van der Waals surface area contributed by atoms with Gasteiger partial charge in [-0.25, -0.2) is 0 Å². The number of rotatable bonds is 7. The Bertz CT molecular complexity index is 580. The maximum absolute atomic E-state index is 13.2. The van der Waals surface area contributed by atoms with Gasteiger partial charge in [-0.1, -0.05) is 50.6 Å². The highest BCUT2D eigenvalue weighted by Gasteiger charge is 2.31. The van der Waals surface area contributed by atoms with Gasteiger partial charge in [0.05, 0.1) is 12.5 Å². The van der Waals surface area contributed by atoms with Crippen LogP contribution in [0.1, 0.15) is 45.6 Å². The molecule has 1 aliphatic rings. The molecule has 2 unspecified atom stereocenters. The molecule has 0 saturated carbocycles. The molecule has 2 amide bonds. The average molecular weight is 360 g/mol. The lowest BCUT2D eigenvalue weighted by Crippen LogP contribution is -2.52. The van der Waals surface area contributed by atoms with E-state index in [9.17, 15) is 9.59 Å². The van der Waals surface area contributed by atoms with Gasteiger partial charge in [-0.3, -0.25) is 14.5 Å². The fourth-order valence-corrected chi connectivity index (χ4v) is 3.50. The van der Waals surface area contributed by atoms with Gasteiger partial charge in [0.1, 0.15) is 0 Å². The first-order valence-corrected chi connectivity index (χ1v) is 9.77. The summed E-state index contributed by atoms with van der Waals surface area (Å²) in [6, 6.07) is 10.3. The Labute approximate surface area is 157 Å². The molecule has 1 aliphatic heterocycles. The van der Waals surface area contributed by atoms with E-state index in [1.54, 1.807) is 0 Å². The molecule has 1 N–H and O–H groups in total. The van der Waals surface area contributed by atoms with Crippen LogP contribution in [0.3, 0.4) is 0 Å². The second kappa shape index (κ2) is 9.72. The monoisotopic (exact) mass is 359 g/mol. The van der Waals surface area contributed by atoms with Crippen LogP contribution in [0.2, 0.25) is 0 Å². The summed E-state index contributed by atoms with van der Waals surface area (Å²) in [4.78, 5) is 29.2. The molecule has 1 aromatic rings. The quantitative estimate of drug-likeness (QED) is 0.814. The normalized spacial score (nSPS) is 17.8. The summed E-state index contributed by atoms with van der Waals surface area (Å²) in [5.41, 5.74) is 1.10. The highest BCUT2D eigenvalue weighted by Crippen LogP contribution is 2.29. The molecule has 144 valence electrons. The molecule has 0 aliphatic carbocycles. The van der Waals surface area contributed by atoms with E-state index in [0.717, 1.165) is 25.1 Å². The molecule has 0 aromatic heterocycles. The van der Waals surface area contributed by atoms with Crippen LogP contribution in [-0.2, 0) is 9.59 Å². The summed E-state index contributed by atoms with van der Waals surface area (Å²) in [6.07, 6.45) is 0.973. The Hall–Kier alpha value is -1.88. The summed E-state index contributed by atoms with van der Waals surface area (Å²) in [5, 5.41) is 2.93. The van der Waals surface area contributed by atoms with E-state index in [-0.39, 0.29) is 23.8 Å². The zero-order valence-electron chi connectivity index (χ0n) is 16.6. The Morgan fingerprint density at radius 1 is 1.04 bits per heavy atom. The lowest BCUT2D eigenvalue weighted by Gasteiger charge is -2.37. The molecule has 5 nitrogen and oxygen atoms in total. The molecule has 1 aromatic carbocycles. The first-order chi connectivity index (χ1) is 12.4. The smallest absolute Gasteiger partial charge is 0.234 e. The molecule has 2 atom stereocenters. The molecular weight excluding hydrogens is 326 g/mol. The minimum absolute atomic E-state index is 0.0570. The molecule has 1 saturated heterocycles. The van der Waals surface area contributed by atoms with Gasteiger partial charge in [-0.2, -0.15) is 0 Å². The van der Waals surface area contributed by atoms with Crippen molar-refractivity contribution in [3.63, 3.8) is 0 Å². The van der Waals surface area contributed by atoms with Crippen molar-refractivity contribution in [2.24, 2.45) is 5.92 Å². The lowest BCUT2D eigenvalue weighted by molar-refractivity contribution is -0.136. The SMILES string of the molecule is CCC(C)C(C(=O)N1CCN(CC(=O)NC(C)C)CC1)c1ccccc1. The predicted octanol–water partition coefficient (Wildman–Crippen LogP) is 2.49. The van der Waals surface area contributed by atoms with E-state index in [1.807, 2.05) is 36.9 Å². The predicted molar refractivity (Wildman–Crippen MR) is 105 cm³/mol. The van der Waals surface area contributed by atoms with Crippen LogP contribution in [0, 0.1) is 5.92 Å². The molecule has 0 spiro atoms. The number of hydrogen-bond donors (Lipinski definition) is 1. The standard InChI is InChI=1S/C21H33N3O2/c1-5-17(4)20(18-9-7-6-8-10-18)21(26)24-13-11-23(12-14-24)15-19(25)22-16(2)3/h6-10,16-17,20H,5,11-15H2,1-4H3,(H,22,25). The Kier molecular flexibility index (Phi) is 7.64. The van der Waals surface area contributed by atoms with E-state index < -0.39 is 0 Å². The van der Waals surface area contributed by atoms with E-state index >= 15 is 0 Å². The van der Waals surface area contributed by atoms with Gasteiger partial charge in [0.25, 0.3) is 0 Å². The summed E-state index contributed by atoms with van der Waals surface area (Å²) < 4.78 is 0. The summed E-state index contributed by atoms with van der Waals surface area (Å²) in [5.74, 6) is 0.495. The van der Waals surface area contributed by atoms with Crippen LogP contribution < -0.4 is 5.32 Å². The second-order valence-corrected chi connectivity index (χ2v) is 7.60. The fourth-order valence-electron chi connectivity index (χ4n) is 3.50. The van der Waals surface area contributed by atoms with Crippen LogP contribution in [0.5, 0.6) is 0 Å². The van der Waals surface area contributed by atoms with Crippen molar-refractivity contribution in [2.45, 2.75) is 46.1 Å². The van der Waals surface area contributed by atoms with E-state index in [0.29, 0.717) is 25.6 Å². The minimum atomic E-state index is -0.0861. The van der Waals surface area contributed by atoms with Crippen LogP contribution in [0.25, 0.3) is 0 Å². The Morgan fingerprint density at radius 2 is 1.65 bits per heavy atom. The topological polar surface area (TPSA) is 52.7 Å². The maximum atomic E-state index is 13.2. The highest BCUT2D eigenvalue weighted by molar-refractivity contribution is 5.84. The number of hydrogen-bond acceptors (Lipinski definition) is 3. The number of amides is 2. The van der Waals surface area contributed by atoms with Gasteiger partial charge in [0.2, 0.25) is 11.8 Å².